The number of piperidine rings is 1. The van der Waals surface area contributed by atoms with Crippen LogP contribution in [0.15, 0.2) is 48.9 Å². The molecule has 4 aromatic rings. The van der Waals surface area contributed by atoms with Crippen molar-refractivity contribution < 1.29 is 9.18 Å². The van der Waals surface area contributed by atoms with Crippen LogP contribution in [0.3, 0.4) is 0 Å². The van der Waals surface area contributed by atoms with Crippen LogP contribution >= 0.6 is 11.6 Å². The molecule has 1 atom stereocenters. The van der Waals surface area contributed by atoms with Crippen molar-refractivity contribution in [2.75, 3.05) is 55.2 Å². The minimum absolute atomic E-state index is 0.145. The van der Waals surface area contributed by atoms with E-state index in [0.717, 1.165) is 58.1 Å². The smallest absolute Gasteiger partial charge is 0.256 e. The van der Waals surface area contributed by atoms with Crippen molar-refractivity contribution in [2.24, 2.45) is 5.41 Å². The molecule has 3 saturated heterocycles. The molecule has 3 aliphatic heterocycles. The van der Waals surface area contributed by atoms with E-state index < -0.39 is 11.7 Å². The van der Waals surface area contributed by atoms with E-state index in [9.17, 15) is 4.79 Å². The Hall–Kier alpha value is -3.80. The molecular weight excluding hydrogens is 545 g/mol. The van der Waals surface area contributed by atoms with Gasteiger partial charge in [-0.2, -0.15) is 0 Å². The summed E-state index contributed by atoms with van der Waals surface area (Å²) in [6.07, 6.45) is 8.36. The van der Waals surface area contributed by atoms with Gasteiger partial charge in [0.05, 0.1) is 0 Å². The van der Waals surface area contributed by atoms with E-state index in [4.69, 9.17) is 22.3 Å². The number of aromatic nitrogens is 4. The van der Waals surface area contributed by atoms with Crippen molar-refractivity contribution in [1.82, 2.24) is 29.6 Å². The number of benzene rings is 1. The van der Waals surface area contributed by atoms with Gasteiger partial charge in [-0.05, 0) is 61.6 Å². The number of nitrogens with one attached hydrogen (secondary N) is 2. The Balaban J connectivity index is 1.13. The molecule has 6 heterocycles. The molecule has 0 aliphatic carbocycles. The number of hydrogen-bond acceptors (Lipinski definition) is 8. The fraction of sp³-hybridized carbons (Fsp3) is 0.379. The van der Waals surface area contributed by atoms with Crippen LogP contribution in [0.5, 0.6) is 0 Å². The number of hydrogen-bond donors (Lipinski definition) is 3. The van der Waals surface area contributed by atoms with E-state index in [0.29, 0.717) is 27.7 Å². The first-order valence-corrected chi connectivity index (χ1v) is 14.3. The number of nitrogen functional groups attached to an aromatic ring is 1. The minimum Gasteiger partial charge on any atom is -0.382 e. The van der Waals surface area contributed by atoms with E-state index in [1.807, 2.05) is 10.6 Å². The topological polar surface area (TPSA) is 117 Å². The van der Waals surface area contributed by atoms with Gasteiger partial charge in [0, 0.05) is 73.5 Å². The molecule has 0 radical (unpaired) electrons. The molecule has 0 bridgehead atoms. The van der Waals surface area contributed by atoms with Crippen molar-refractivity contribution in [3.63, 3.8) is 0 Å². The zero-order chi connectivity index (χ0) is 28.1. The van der Waals surface area contributed by atoms with Crippen molar-refractivity contribution >= 4 is 40.6 Å². The van der Waals surface area contributed by atoms with Crippen LogP contribution < -0.4 is 21.3 Å². The molecule has 4 N–H and O–H groups in total. The summed E-state index contributed by atoms with van der Waals surface area (Å²) in [6.45, 7) is 6.29. The first kappa shape index (κ1) is 26.1. The number of likely N-dealkylation sites (tertiary alicyclic amines) is 1. The van der Waals surface area contributed by atoms with Gasteiger partial charge in [-0.15, -0.1) is 0 Å². The summed E-state index contributed by atoms with van der Waals surface area (Å²) in [5.74, 6) is 0.193. The lowest BCUT2D eigenvalue weighted by molar-refractivity contribution is -0.0421. The molecule has 12 heteroatoms. The molecule has 0 unspecified atom stereocenters. The third-order valence-corrected chi connectivity index (χ3v) is 8.98. The van der Waals surface area contributed by atoms with E-state index in [1.165, 1.54) is 24.8 Å². The highest BCUT2D eigenvalue weighted by Gasteiger charge is 2.47. The zero-order valence-electron chi connectivity index (χ0n) is 22.5. The summed E-state index contributed by atoms with van der Waals surface area (Å²) < 4.78 is 17.5. The van der Waals surface area contributed by atoms with Crippen molar-refractivity contribution in [3.8, 4) is 11.3 Å². The number of nitrogens with zero attached hydrogens (tertiary/aromatic N) is 6. The van der Waals surface area contributed by atoms with E-state index >= 15 is 4.39 Å². The quantitative estimate of drug-likeness (QED) is 0.330. The van der Waals surface area contributed by atoms with Gasteiger partial charge < -0.3 is 21.3 Å². The third kappa shape index (κ3) is 4.77. The molecule has 212 valence electrons. The number of nitrogens with two attached hydrogens (primary N) is 1. The Morgan fingerprint density at radius 1 is 1.15 bits per heavy atom. The third-order valence-electron chi connectivity index (χ3n) is 8.75. The van der Waals surface area contributed by atoms with Gasteiger partial charge in [-0.25, -0.2) is 19.3 Å². The molecule has 3 aromatic heterocycles. The Kier molecular flexibility index (Phi) is 6.52. The van der Waals surface area contributed by atoms with Gasteiger partial charge in [-0.3, -0.25) is 14.1 Å². The van der Waals surface area contributed by atoms with Gasteiger partial charge in [-0.1, -0.05) is 11.6 Å². The van der Waals surface area contributed by atoms with Crippen LogP contribution in [0, 0.1) is 11.2 Å². The Bertz CT molecular complexity index is 1620. The number of amides is 1. The van der Waals surface area contributed by atoms with Crippen LogP contribution in [-0.2, 0) is 0 Å². The fourth-order valence-corrected chi connectivity index (χ4v) is 6.65. The number of anilines is 3. The predicted octanol–water partition coefficient (Wildman–Crippen LogP) is 3.68. The molecule has 0 saturated carbocycles. The van der Waals surface area contributed by atoms with E-state index in [1.54, 1.807) is 24.4 Å². The highest BCUT2D eigenvalue weighted by Crippen LogP contribution is 2.43. The van der Waals surface area contributed by atoms with Crippen molar-refractivity contribution in [2.45, 2.75) is 25.3 Å². The number of fused-ring (bicyclic) bond motifs is 1. The zero-order valence-corrected chi connectivity index (χ0v) is 23.2. The Morgan fingerprint density at radius 3 is 2.71 bits per heavy atom. The van der Waals surface area contributed by atoms with Crippen LogP contribution in [0.2, 0.25) is 5.02 Å². The summed E-state index contributed by atoms with van der Waals surface area (Å²) in [7, 11) is 0. The molecule has 3 fully saturated rings. The van der Waals surface area contributed by atoms with Crippen LogP contribution in [-0.4, -0.2) is 75.5 Å². The van der Waals surface area contributed by atoms with Gasteiger partial charge in [0.2, 0.25) is 5.95 Å². The highest BCUT2D eigenvalue weighted by molar-refractivity contribution is 6.30. The molecule has 1 spiro atoms. The minimum atomic E-state index is -0.583. The second-order valence-corrected chi connectivity index (χ2v) is 11.8. The first-order valence-electron chi connectivity index (χ1n) is 13.9. The average Bonchev–Trinajstić information content (AvgIpc) is 3.61. The molecule has 7 rings (SSSR count). The van der Waals surface area contributed by atoms with Crippen LogP contribution in [0.4, 0.5) is 22.0 Å². The maximum atomic E-state index is 15.6. The molecular formula is C29H31ClFN9O. The predicted molar refractivity (Wildman–Crippen MR) is 157 cm³/mol. The average molecular weight is 576 g/mol. The monoisotopic (exact) mass is 575 g/mol. The lowest BCUT2D eigenvalue weighted by Crippen LogP contribution is -2.63. The second-order valence-electron chi connectivity index (χ2n) is 11.3. The van der Waals surface area contributed by atoms with Gasteiger partial charge in [0.25, 0.3) is 5.91 Å². The Labute approximate surface area is 241 Å². The lowest BCUT2D eigenvalue weighted by atomic mass is 9.71. The summed E-state index contributed by atoms with van der Waals surface area (Å²) in [5, 5.41) is 6.55. The lowest BCUT2D eigenvalue weighted by Gasteiger charge is -2.56. The number of carbonyl (C=O) groups is 1. The number of imidazole rings is 1. The number of carbonyl (C=O) groups excluding carboxylic acids is 1. The number of pyridine rings is 1. The summed E-state index contributed by atoms with van der Waals surface area (Å²) in [6, 6.07) is 8.11. The second kappa shape index (κ2) is 10.2. The molecule has 1 amide bonds. The van der Waals surface area contributed by atoms with E-state index in [2.05, 4.69) is 30.4 Å². The highest BCUT2D eigenvalue weighted by atomic mass is 35.5. The molecule has 3 aliphatic rings. The summed E-state index contributed by atoms with van der Waals surface area (Å²) >= 11 is 5.98. The molecule has 1 aromatic carbocycles. The van der Waals surface area contributed by atoms with E-state index in [-0.39, 0.29) is 22.8 Å². The normalized spacial score (nSPS) is 20.4. The standard InChI is InChI=1S/C29H31ClFN9O/c30-19-3-8-34-23(14-19)36-27(41)18-1-2-21(22(31)13-18)24-25-26(32)35-9-12-40(25)28(37-24)38-10-5-29(6-11-38)16-39(17-29)20-4-7-33-15-20/h1-3,8-9,12-14,20,33H,4-7,10-11,15-17H2,(H2,32,35)(H,34,36,41)/t20-/m1/s1. The van der Waals surface area contributed by atoms with Gasteiger partial charge >= 0.3 is 0 Å². The molecule has 41 heavy (non-hydrogen) atoms. The Morgan fingerprint density at radius 2 is 1.98 bits per heavy atom. The van der Waals surface area contributed by atoms with Crippen molar-refractivity contribution in [1.29, 1.82) is 0 Å². The fourth-order valence-electron chi connectivity index (χ4n) is 6.49. The van der Waals surface area contributed by atoms with Gasteiger partial charge in [0.1, 0.15) is 28.7 Å². The maximum Gasteiger partial charge on any atom is 0.256 e. The van der Waals surface area contributed by atoms with Gasteiger partial charge in [0.15, 0.2) is 0 Å². The number of halogens is 2. The largest absolute Gasteiger partial charge is 0.382 e. The van der Waals surface area contributed by atoms with Crippen LogP contribution in [0.1, 0.15) is 29.6 Å². The van der Waals surface area contributed by atoms with Crippen molar-refractivity contribution in [3.05, 3.63) is 65.3 Å². The SMILES string of the molecule is Nc1nccn2c(N3CCC4(CC3)CN([C@@H]3CCNC3)C4)nc(-c3ccc(C(=O)Nc4cc(Cl)ccn4)cc3F)c12. The summed E-state index contributed by atoms with van der Waals surface area (Å²) in [4.78, 5) is 30.9. The first-order chi connectivity index (χ1) is 19.9. The summed E-state index contributed by atoms with van der Waals surface area (Å²) in [5.41, 5.74) is 8.02. The maximum absolute atomic E-state index is 15.6. The molecule has 10 nitrogen and oxygen atoms in total. The van der Waals surface area contributed by atoms with Crippen LogP contribution in [0.25, 0.3) is 16.8 Å². The number of rotatable bonds is 5.